The molecule has 2 aromatic carbocycles. The van der Waals surface area contributed by atoms with E-state index < -0.39 is 0 Å². The minimum absolute atomic E-state index is 0.0168. The molecule has 1 heterocycles. The van der Waals surface area contributed by atoms with Gasteiger partial charge in [-0.05, 0) is 67.8 Å². The Morgan fingerprint density at radius 1 is 1.04 bits per heavy atom. The van der Waals surface area contributed by atoms with Gasteiger partial charge in [0.2, 0.25) is 5.88 Å². The molecular weight excluding hydrogens is 298 g/mol. The van der Waals surface area contributed by atoms with Crippen molar-refractivity contribution in [2.75, 3.05) is 6.54 Å². The van der Waals surface area contributed by atoms with Gasteiger partial charge in [-0.3, -0.25) is 0 Å². The SMILES string of the molecule is CC(N)c1ccc2nc(Oc3ccc(CCCN)cc3)ccc2c1. The first-order valence-corrected chi connectivity index (χ1v) is 8.29. The molecule has 0 saturated carbocycles. The van der Waals surface area contributed by atoms with Gasteiger partial charge in [0.25, 0.3) is 0 Å². The van der Waals surface area contributed by atoms with Crippen molar-refractivity contribution in [1.29, 1.82) is 0 Å². The molecule has 3 aromatic rings. The number of aryl methyl sites for hydroxylation is 1. The molecule has 3 rings (SSSR count). The van der Waals surface area contributed by atoms with Gasteiger partial charge in [-0.1, -0.05) is 18.2 Å². The smallest absolute Gasteiger partial charge is 0.219 e. The molecule has 0 aliphatic carbocycles. The Balaban J connectivity index is 1.76. The summed E-state index contributed by atoms with van der Waals surface area (Å²) in [5.41, 5.74) is 14.7. The van der Waals surface area contributed by atoms with Crippen LogP contribution in [0.5, 0.6) is 11.6 Å². The van der Waals surface area contributed by atoms with Gasteiger partial charge in [0.15, 0.2) is 0 Å². The van der Waals surface area contributed by atoms with E-state index in [1.165, 1.54) is 5.56 Å². The molecule has 0 aliphatic rings. The van der Waals surface area contributed by atoms with Gasteiger partial charge in [0.05, 0.1) is 5.52 Å². The average molecular weight is 321 g/mol. The molecule has 1 unspecified atom stereocenters. The van der Waals surface area contributed by atoms with Crippen LogP contribution in [0, 0.1) is 0 Å². The van der Waals surface area contributed by atoms with Crippen LogP contribution in [0.1, 0.15) is 30.5 Å². The fourth-order valence-electron chi connectivity index (χ4n) is 2.62. The summed E-state index contributed by atoms with van der Waals surface area (Å²) in [6, 6.07) is 18.1. The van der Waals surface area contributed by atoms with E-state index in [0.29, 0.717) is 12.4 Å². The van der Waals surface area contributed by atoms with Gasteiger partial charge in [-0.25, -0.2) is 4.98 Å². The van der Waals surface area contributed by atoms with Crippen molar-refractivity contribution in [2.45, 2.75) is 25.8 Å². The molecule has 1 aromatic heterocycles. The van der Waals surface area contributed by atoms with Gasteiger partial charge < -0.3 is 16.2 Å². The number of hydrogen-bond donors (Lipinski definition) is 2. The van der Waals surface area contributed by atoms with Crippen LogP contribution in [-0.4, -0.2) is 11.5 Å². The highest BCUT2D eigenvalue weighted by molar-refractivity contribution is 5.80. The third kappa shape index (κ3) is 3.91. The lowest BCUT2D eigenvalue weighted by Gasteiger charge is -2.09. The molecule has 0 amide bonds. The molecule has 0 bridgehead atoms. The quantitative estimate of drug-likeness (QED) is 0.721. The Bertz CT molecular complexity index is 813. The second-order valence-electron chi connectivity index (χ2n) is 6.03. The summed E-state index contributed by atoms with van der Waals surface area (Å²) in [5, 5.41) is 1.06. The largest absolute Gasteiger partial charge is 0.439 e. The number of benzene rings is 2. The molecule has 4 heteroatoms. The fraction of sp³-hybridized carbons (Fsp3) is 0.250. The number of nitrogens with zero attached hydrogens (tertiary/aromatic N) is 1. The number of ether oxygens (including phenoxy) is 1. The standard InChI is InChI=1S/C20H23N3O/c1-14(22)16-6-10-19-17(13-16)7-11-20(23-19)24-18-8-4-15(5-9-18)3-2-12-21/h4-11,13-14H,2-3,12,21-22H2,1H3. The minimum atomic E-state index is 0.0168. The Morgan fingerprint density at radius 3 is 2.54 bits per heavy atom. The third-order valence-electron chi connectivity index (χ3n) is 4.03. The monoisotopic (exact) mass is 321 g/mol. The van der Waals surface area contributed by atoms with Gasteiger partial charge >= 0.3 is 0 Å². The van der Waals surface area contributed by atoms with E-state index in [-0.39, 0.29) is 6.04 Å². The van der Waals surface area contributed by atoms with Crippen LogP contribution < -0.4 is 16.2 Å². The van der Waals surface area contributed by atoms with Crippen molar-refractivity contribution >= 4 is 10.9 Å². The zero-order valence-electron chi connectivity index (χ0n) is 13.9. The normalized spacial score (nSPS) is 12.3. The van der Waals surface area contributed by atoms with Crippen molar-refractivity contribution in [3.05, 3.63) is 65.7 Å². The summed E-state index contributed by atoms with van der Waals surface area (Å²) in [7, 11) is 0. The zero-order valence-corrected chi connectivity index (χ0v) is 13.9. The zero-order chi connectivity index (χ0) is 16.9. The maximum Gasteiger partial charge on any atom is 0.219 e. The lowest BCUT2D eigenvalue weighted by Crippen LogP contribution is -2.04. The van der Waals surface area contributed by atoms with Gasteiger partial charge in [-0.2, -0.15) is 0 Å². The Hall–Kier alpha value is -2.43. The van der Waals surface area contributed by atoms with Crippen LogP contribution in [0.2, 0.25) is 0 Å². The Morgan fingerprint density at radius 2 is 1.83 bits per heavy atom. The van der Waals surface area contributed by atoms with E-state index in [9.17, 15) is 0 Å². The molecule has 0 aliphatic heterocycles. The first-order chi connectivity index (χ1) is 11.7. The van der Waals surface area contributed by atoms with E-state index in [1.54, 1.807) is 0 Å². The molecule has 0 saturated heterocycles. The second kappa shape index (κ2) is 7.43. The average Bonchev–Trinajstić information content (AvgIpc) is 2.60. The van der Waals surface area contributed by atoms with E-state index in [4.69, 9.17) is 16.2 Å². The highest BCUT2D eigenvalue weighted by Crippen LogP contribution is 2.24. The van der Waals surface area contributed by atoms with Crippen LogP contribution in [0.4, 0.5) is 0 Å². The number of rotatable bonds is 6. The minimum Gasteiger partial charge on any atom is -0.439 e. The molecular formula is C20H23N3O. The highest BCUT2D eigenvalue weighted by Gasteiger charge is 2.05. The molecule has 124 valence electrons. The molecule has 4 nitrogen and oxygen atoms in total. The summed E-state index contributed by atoms with van der Waals surface area (Å²) in [5.74, 6) is 1.37. The van der Waals surface area contributed by atoms with E-state index in [1.807, 2.05) is 43.3 Å². The van der Waals surface area contributed by atoms with E-state index >= 15 is 0 Å². The number of aromatic nitrogens is 1. The maximum absolute atomic E-state index is 5.93. The first kappa shape index (κ1) is 16.4. The molecule has 24 heavy (non-hydrogen) atoms. The first-order valence-electron chi connectivity index (χ1n) is 8.29. The third-order valence-corrected chi connectivity index (χ3v) is 4.03. The topological polar surface area (TPSA) is 74.2 Å². The molecule has 0 radical (unpaired) electrons. The van der Waals surface area contributed by atoms with Crippen molar-refractivity contribution in [1.82, 2.24) is 4.98 Å². The van der Waals surface area contributed by atoms with Crippen LogP contribution >= 0.6 is 0 Å². The van der Waals surface area contributed by atoms with Crippen LogP contribution in [-0.2, 0) is 6.42 Å². The summed E-state index contributed by atoms with van der Waals surface area (Å²) < 4.78 is 5.86. The lowest BCUT2D eigenvalue weighted by atomic mass is 10.1. The van der Waals surface area contributed by atoms with Crippen molar-refractivity contribution < 1.29 is 4.74 Å². The number of nitrogens with two attached hydrogens (primary N) is 2. The van der Waals surface area contributed by atoms with Crippen LogP contribution in [0.3, 0.4) is 0 Å². The summed E-state index contributed by atoms with van der Waals surface area (Å²) in [6.07, 6.45) is 1.99. The van der Waals surface area contributed by atoms with Gasteiger partial charge in [0.1, 0.15) is 5.75 Å². The predicted octanol–water partition coefficient (Wildman–Crippen LogP) is 3.94. The number of fused-ring (bicyclic) bond motifs is 1. The van der Waals surface area contributed by atoms with E-state index in [2.05, 4.69) is 23.2 Å². The Labute approximate surface area is 142 Å². The number of hydrogen-bond acceptors (Lipinski definition) is 4. The molecule has 4 N–H and O–H groups in total. The summed E-state index contributed by atoms with van der Waals surface area (Å²) in [4.78, 5) is 4.56. The number of pyridine rings is 1. The van der Waals surface area contributed by atoms with Crippen molar-refractivity contribution in [2.24, 2.45) is 11.5 Å². The fourth-order valence-corrected chi connectivity index (χ4v) is 2.62. The van der Waals surface area contributed by atoms with Crippen molar-refractivity contribution in [3.63, 3.8) is 0 Å². The lowest BCUT2D eigenvalue weighted by molar-refractivity contribution is 0.465. The highest BCUT2D eigenvalue weighted by atomic mass is 16.5. The van der Waals surface area contributed by atoms with Gasteiger partial charge in [-0.15, -0.1) is 0 Å². The Kier molecular flexibility index (Phi) is 5.08. The molecule has 0 spiro atoms. The van der Waals surface area contributed by atoms with Crippen molar-refractivity contribution in [3.8, 4) is 11.6 Å². The predicted molar refractivity (Wildman–Crippen MR) is 98.2 cm³/mol. The van der Waals surface area contributed by atoms with Gasteiger partial charge in [0, 0.05) is 17.5 Å². The van der Waals surface area contributed by atoms with Crippen LogP contribution in [0.15, 0.2) is 54.6 Å². The van der Waals surface area contributed by atoms with Crippen LogP contribution in [0.25, 0.3) is 10.9 Å². The second-order valence-corrected chi connectivity index (χ2v) is 6.03. The summed E-state index contributed by atoms with van der Waals surface area (Å²) in [6.45, 7) is 2.69. The molecule has 1 atom stereocenters. The van der Waals surface area contributed by atoms with E-state index in [0.717, 1.165) is 35.1 Å². The molecule has 0 fully saturated rings. The maximum atomic E-state index is 5.93. The summed E-state index contributed by atoms with van der Waals surface area (Å²) >= 11 is 0.